The van der Waals surface area contributed by atoms with E-state index in [1.165, 1.54) is 0 Å². The molecule has 0 aromatic heterocycles. The predicted octanol–water partition coefficient (Wildman–Crippen LogP) is 3.84. The molecule has 0 fully saturated rings. The third-order valence-electron chi connectivity index (χ3n) is 2.32. The van der Waals surface area contributed by atoms with Crippen LogP contribution in [-0.2, 0) is 0 Å². The van der Waals surface area contributed by atoms with E-state index in [4.69, 9.17) is 0 Å². The molecule has 0 unspecified atom stereocenters. The molecule has 72 valence electrons. The SMILES string of the molecule is CC(=C(F)F)C(C)(C)C(C)(F)F. The van der Waals surface area contributed by atoms with Crippen molar-refractivity contribution in [2.24, 2.45) is 5.41 Å². The first-order chi connectivity index (χ1) is 5.10. The van der Waals surface area contributed by atoms with Crippen molar-refractivity contribution >= 4 is 0 Å². The highest BCUT2D eigenvalue weighted by Gasteiger charge is 2.44. The van der Waals surface area contributed by atoms with E-state index in [0.717, 1.165) is 20.8 Å². The standard InChI is InChI=1S/C8H12F4/c1-5(6(9)10)7(2,3)8(4,11)12/h1-4H3. The van der Waals surface area contributed by atoms with Gasteiger partial charge in [0.25, 0.3) is 12.0 Å². The molecule has 0 radical (unpaired) electrons. The molecule has 4 heteroatoms. The molecular weight excluding hydrogens is 172 g/mol. The van der Waals surface area contributed by atoms with E-state index < -0.39 is 23.0 Å². The maximum Gasteiger partial charge on any atom is 0.269 e. The molecular formula is C8H12F4. The van der Waals surface area contributed by atoms with Crippen LogP contribution in [0.5, 0.6) is 0 Å². The van der Waals surface area contributed by atoms with Crippen LogP contribution in [0.3, 0.4) is 0 Å². The largest absolute Gasteiger partial charge is 0.269 e. The van der Waals surface area contributed by atoms with Crippen molar-refractivity contribution in [3.05, 3.63) is 11.7 Å². The maximum atomic E-state index is 12.7. The van der Waals surface area contributed by atoms with Crippen molar-refractivity contribution in [2.75, 3.05) is 0 Å². The van der Waals surface area contributed by atoms with Crippen molar-refractivity contribution < 1.29 is 17.6 Å². The lowest BCUT2D eigenvalue weighted by Crippen LogP contribution is -2.34. The lowest BCUT2D eigenvalue weighted by Gasteiger charge is -2.31. The second kappa shape index (κ2) is 3.07. The Hall–Kier alpha value is -0.540. The summed E-state index contributed by atoms with van der Waals surface area (Å²) in [5.74, 6) is -3.14. The van der Waals surface area contributed by atoms with Gasteiger partial charge in [0.2, 0.25) is 0 Å². The fraction of sp³-hybridized carbons (Fsp3) is 0.750. The van der Waals surface area contributed by atoms with E-state index in [0.29, 0.717) is 6.92 Å². The molecule has 0 atom stereocenters. The van der Waals surface area contributed by atoms with E-state index in [1.807, 2.05) is 0 Å². The molecule has 0 aromatic rings. The van der Waals surface area contributed by atoms with Crippen LogP contribution in [0.15, 0.2) is 11.7 Å². The summed E-state index contributed by atoms with van der Waals surface area (Å²) in [6, 6.07) is 0. The van der Waals surface area contributed by atoms with Gasteiger partial charge < -0.3 is 0 Å². The van der Waals surface area contributed by atoms with Crippen LogP contribution in [0.4, 0.5) is 17.6 Å². The Morgan fingerprint density at radius 3 is 1.42 bits per heavy atom. The summed E-state index contributed by atoms with van der Waals surface area (Å²) >= 11 is 0. The molecule has 0 aliphatic carbocycles. The minimum Gasteiger partial charge on any atom is -0.206 e. The predicted molar refractivity (Wildman–Crippen MR) is 39.3 cm³/mol. The van der Waals surface area contributed by atoms with Crippen LogP contribution in [-0.4, -0.2) is 5.92 Å². The number of hydrogen-bond donors (Lipinski definition) is 0. The normalized spacial score (nSPS) is 13.0. The Morgan fingerprint density at radius 2 is 1.33 bits per heavy atom. The highest BCUT2D eigenvalue weighted by atomic mass is 19.3. The Balaban J connectivity index is 5.01. The Bertz CT molecular complexity index is 194. The number of alkyl halides is 2. The summed E-state index contributed by atoms with van der Waals surface area (Å²) in [5, 5.41) is 0. The average molecular weight is 184 g/mol. The van der Waals surface area contributed by atoms with E-state index in [9.17, 15) is 17.6 Å². The van der Waals surface area contributed by atoms with Gasteiger partial charge in [-0.1, -0.05) is 13.8 Å². The number of hydrogen-bond acceptors (Lipinski definition) is 0. The molecule has 0 bridgehead atoms. The first-order valence-electron chi connectivity index (χ1n) is 3.51. The maximum absolute atomic E-state index is 12.7. The molecule has 12 heavy (non-hydrogen) atoms. The zero-order valence-corrected chi connectivity index (χ0v) is 7.51. The third kappa shape index (κ3) is 1.99. The van der Waals surface area contributed by atoms with Gasteiger partial charge in [0.15, 0.2) is 0 Å². The summed E-state index contributed by atoms with van der Waals surface area (Å²) < 4.78 is 49.5. The van der Waals surface area contributed by atoms with Gasteiger partial charge in [0.05, 0.1) is 5.41 Å². The van der Waals surface area contributed by atoms with Gasteiger partial charge in [0.1, 0.15) is 0 Å². The van der Waals surface area contributed by atoms with Gasteiger partial charge in [0, 0.05) is 12.5 Å². The molecule has 0 N–H and O–H groups in total. The van der Waals surface area contributed by atoms with Gasteiger partial charge in [-0.05, 0) is 6.92 Å². The van der Waals surface area contributed by atoms with Crippen LogP contribution in [0.1, 0.15) is 27.7 Å². The van der Waals surface area contributed by atoms with Gasteiger partial charge in [-0.3, -0.25) is 0 Å². The molecule has 0 spiro atoms. The van der Waals surface area contributed by atoms with Crippen LogP contribution in [0.2, 0.25) is 0 Å². The highest BCUT2D eigenvalue weighted by Crippen LogP contribution is 2.43. The Morgan fingerprint density at radius 1 is 1.00 bits per heavy atom. The monoisotopic (exact) mass is 184 g/mol. The zero-order valence-electron chi connectivity index (χ0n) is 7.51. The fourth-order valence-corrected chi connectivity index (χ4v) is 0.565. The second-order valence-corrected chi connectivity index (χ2v) is 3.40. The van der Waals surface area contributed by atoms with Crippen molar-refractivity contribution in [3.8, 4) is 0 Å². The summed E-state index contributed by atoms with van der Waals surface area (Å²) in [6.07, 6.45) is -2.03. The van der Waals surface area contributed by atoms with Crippen LogP contribution in [0.25, 0.3) is 0 Å². The smallest absolute Gasteiger partial charge is 0.206 e. The summed E-state index contributed by atoms with van der Waals surface area (Å²) in [5.41, 5.74) is -2.35. The fourth-order valence-electron chi connectivity index (χ4n) is 0.565. The van der Waals surface area contributed by atoms with Crippen LogP contribution >= 0.6 is 0 Å². The van der Waals surface area contributed by atoms with Crippen molar-refractivity contribution in [2.45, 2.75) is 33.6 Å². The second-order valence-electron chi connectivity index (χ2n) is 3.40. The summed E-state index contributed by atoms with van der Waals surface area (Å²) in [6.45, 7) is 3.86. The number of allylic oxidation sites excluding steroid dienone is 1. The molecule has 0 aliphatic rings. The summed E-state index contributed by atoms with van der Waals surface area (Å²) in [4.78, 5) is 0. The molecule has 0 amide bonds. The Kier molecular flexibility index (Phi) is 2.93. The lowest BCUT2D eigenvalue weighted by molar-refractivity contribution is -0.0710. The van der Waals surface area contributed by atoms with E-state index in [-0.39, 0.29) is 0 Å². The molecule has 0 aliphatic heterocycles. The molecule has 0 aromatic carbocycles. The lowest BCUT2D eigenvalue weighted by atomic mass is 9.80. The van der Waals surface area contributed by atoms with Gasteiger partial charge >= 0.3 is 0 Å². The molecule has 0 nitrogen and oxygen atoms in total. The van der Waals surface area contributed by atoms with Crippen molar-refractivity contribution in [1.82, 2.24) is 0 Å². The van der Waals surface area contributed by atoms with E-state index in [1.54, 1.807) is 0 Å². The van der Waals surface area contributed by atoms with Gasteiger partial charge in [-0.25, -0.2) is 8.78 Å². The van der Waals surface area contributed by atoms with Crippen LogP contribution < -0.4 is 0 Å². The topological polar surface area (TPSA) is 0 Å². The van der Waals surface area contributed by atoms with Crippen LogP contribution in [0, 0.1) is 5.41 Å². The molecule has 0 heterocycles. The number of halogens is 4. The average Bonchev–Trinajstić information content (AvgIpc) is 1.83. The van der Waals surface area contributed by atoms with E-state index >= 15 is 0 Å². The van der Waals surface area contributed by atoms with Crippen molar-refractivity contribution in [1.29, 1.82) is 0 Å². The van der Waals surface area contributed by atoms with Gasteiger partial charge in [-0.15, -0.1) is 0 Å². The first kappa shape index (κ1) is 11.5. The molecule has 0 saturated carbocycles. The third-order valence-corrected chi connectivity index (χ3v) is 2.32. The number of rotatable bonds is 2. The van der Waals surface area contributed by atoms with Crippen molar-refractivity contribution in [3.63, 3.8) is 0 Å². The molecule has 0 rings (SSSR count). The minimum absolute atomic E-state index is 0.560. The summed E-state index contributed by atoms with van der Waals surface area (Å²) in [7, 11) is 0. The first-order valence-corrected chi connectivity index (χ1v) is 3.51. The Labute approximate surface area is 69.3 Å². The molecule has 0 saturated heterocycles. The van der Waals surface area contributed by atoms with E-state index in [2.05, 4.69) is 0 Å². The highest BCUT2D eigenvalue weighted by molar-refractivity contribution is 5.13. The van der Waals surface area contributed by atoms with Gasteiger partial charge in [-0.2, -0.15) is 8.78 Å². The minimum atomic E-state index is -3.14. The quantitative estimate of drug-likeness (QED) is 0.572. The zero-order chi connectivity index (χ0) is 10.2.